The monoisotopic (exact) mass is 1970 g/mol. The number of nitrogens with zero attached hydrogens (tertiary/aromatic N) is 7. The highest BCUT2D eigenvalue weighted by Gasteiger charge is 2.52. The van der Waals surface area contributed by atoms with E-state index in [1.54, 1.807) is 58.5 Å². The summed E-state index contributed by atoms with van der Waals surface area (Å²) in [6.45, 7) is 28.4. The predicted octanol–water partition coefficient (Wildman–Crippen LogP) is 15.7. The molecule has 17 rings (SSSR count). The van der Waals surface area contributed by atoms with Crippen LogP contribution < -0.4 is 0 Å². The molecule has 139 heavy (non-hydrogen) atoms. The van der Waals surface area contributed by atoms with Crippen molar-refractivity contribution >= 4 is 58.5 Å². The van der Waals surface area contributed by atoms with Crippen LogP contribution >= 0.6 is 22.7 Å². The Morgan fingerprint density at radius 1 is 0.331 bits per heavy atom. The fraction of sp³-hybridized carbons (Fsp3) is 0.721. The number of aromatic nitrogens is 1. The van der Waals surface area contributed by atoms with Crippen LogP contribution in [0.1, 0.15) is 302 Å². The molecular formula is C111H168FN7O18S2. The number of ether oxygens (including phenoxy) is 6. The van der Waals surface area contributed by atoms with Crippen LogP contribution in [0, 0.1) is 22.1 Å². The molecule has 12 aliphatic heterocycles. The number of thiophene rings is 1. The van der Waals surface area contributed by atoms with Gasteiger partial charge in [0, 0.05) is 88.5 Å². The van der Waals surface area contributed by atoms with Gasteiger partial charge in [-0.15, -0.1) is 22.7 Å². The van der Waals surface area contributed by atoms with Gasteiger partial charge in [-0.3, -0.25) is 33.8 Å². The third-order valence-corrected chi connectivity index (χ3v) is 36.1. The zero-order valence-electron chi connectivity index (χ0n) is 87.2. The van der Waals surface area contributed by atoms with Gasteiger partial charge in [-0.2, -0.15) is 0 Å². The minimum Gasteiger partial charge on any atom is -0.462 e. The van der Waals surface area contributed by atoms with E-state index >= 15 is 0 Å². The summed E-state index contributed by atoms with van der Waals surface area (Å²) in [5.74, 6) is -2.13. The number of hydrogen-bond acceptors (Lipinski definition) is 27. The van der Waals surface area contributed by atoms with E-state index < -0.39 is 32.5 Å². The second-order valence-electron chi connectivity index (χ2n) is 47.7. The first-order valence-corrected chi connectivity index (χ1v) is 53.3. The maximum absolute atomic E-state index is 13.0. The highest BCUT2D eigenvalue weighted by atomic mass is 32.1. The summed E-state index contributed by atoms with van der Waals surface area (Å²) in [5, 5.41) is 60.9. The highest BCUT2D eigenvalue weighted by molar-refractivity contribution is 7.10. The number of rotatable bonds is 25. The van der Waals surface area contributed by atoms with Gasteiger partial charge in [0.05, 0.1) is 56.0 Å². The zero-order chi connectivity index (χ0) is 101. The fourth-order valence-corrected chi connectivity index (χ4v) is 25.5. The minimum absolute atomic E-state index is 0.00274. The van der Waals surface area contributed by atoms with Crippen molar-refractivity contribution in [1.82, 2.24) is 34.4 Å². The highest BCUT2D eigenvalue weighted by Crippen LogP contribution is 2.46. The van der Waals surface area contributed by atoms with Crippen molar-refractivity contribution in [2.45, 2.75) is 412 Å². The van der Waals surface area contributed by atoms with Crippen molar-refractivity contribution in [3.05, 3.63) is 145 Å². The minimum atomic E-state index is -1.02. The molecule has 28 heteroatoms. The Labute approximate surface area is 836 Å². The van der Waals surface area contributed by atoms with Crippen LogP contribution in [0.25, 0.3) is 0 Å². The third-order valence-electron chi connectivity index (χ3n) is 33.9. The van der Waals surface area contributed by atoms with Crippen molar-refractivity contribution < 1.29 is 92.2 Å². The Balaban J connectivity index is 0.000000150. The number of carbonyl (C=O) groups is 6. The molecule has 774 valence electrons. The Kier molecular flexibility index (Phi) is 37.0. The van der Waals surface area contributed by atoms with Crippen LogP contribution in [0.4, 0.5) is 4.39 Å². The second kappa shape index (κ2) is 46.3. The number of carbonyl (C=O) groups excluding carboxylic acids is 6. The van der Waals surface area contributed by atoms with Gasteiger partial charge in [0.1, 0.15) is 64.1 Å². The SMILES string of the molecule is CN1C2CCC1CC(OC(=O)C(C)(CO)CC(C)(C)C)C2.CN1C2CCC1CC(OC(=O)C(C)(CO)Cc1ccc(F)cc1)C2.CN1C2CCC1CC(OC(=O)C(C)(CO)c1ccc(C(C)(C)C)cc1)C2.CN1C2CCC1CC(OC(=O)C(C)(CO)c1cccc(C(C)(C)C)c1)C2.CN1C2CCC1CC(OC(=O)C(C)(CO)c1cccs1)C2.CN1C2CCC1CC(OC(=O)C(C)(CO)c1cncs1)C2. The molecule has 3 aromatic carbocycles. The zero-order valence-corrected chi connectivity index (χ0v) is 88.9. The van der Waals surface area contributed by atoms with E-state index in [0.717, 1.165) is 109 Å². The Bertz CT molecular complexity index is 4660. The normalized spacial score (nSPS) is 30.3. The Morgan fingerprint density at radius 3 is 0.899 bits per heavy atom. The van der Waals surface area contributed by atoms with E-state index in [-0.39, 0.29) is 134 Å². The lowest BCUT2D eigenvalue weighted by Gasteiger charge is -2.38. The van der Waals surface area contributed by atoms with Crippen molar-refractivity contribution in [1.29, 1.82) is 0 Å². The molecule has 6 N–H and O–H groups in total. The number of benzene rings is 3. The van der Waals surface area contributed by atoms with Crippen LogP contribution in [-0.2, 0) is 96.1 Å². The molecule has 14 heterocycles. The molecule has 12 fully saturated rings. The predicted molar refractivity (Wildman–Crippen MR) is 541 cm³/mol. The van der Waals surface area contributed by atoms with E-state index in [2.05, 4.69) is 145 Å². The van der Waals surface area contributed by atoms with Crippen molar-refractivity contribution in [3.63, 3.8) is 0 Å². The standard InChI is InChI=1S/2C22H33NO3.C19H26FNO3.C17H31NO3.C16H23NO3S.C15H22N2O3S/c1-21(2,3)15-6-8-16(9-7-15)22(4,14-24)20(25)26-19-12-17-10-11-18(13-19)23(17)5;1-21(2,3)15-7-6-8-16(11-15)22(4,14-24)20(25)26-19-12-17-9-10-18(13-19)23(17)5;1-19(12-22,11-13-3-5-14(20)6-4-13)18(23)24-17-9-15-7-8-16(10-17)21(15)2;1-16(2,3)10-17(4,11-19)15(20)21-14-8-12-6-7-13(9-14)18(12)5;1-16(10-18,14-4-3-7-21-14)15(19)20-13-8-11-5-6-12(9-13)17(11)2;1-15(8-18,13-7-16-9-21-13)14(19)20-12-5-10-3-4-11(6-12)17(10)2/h6-9,17-19,24H,10-14H2,1-5H3;6-8,11,17-19,24H,9-10,12-14H2,1-5H3;3-6,15-17,22H,7-12H2,1-2H3;12-14,19H,6-11H2,1-5H3;3-4,7,11-13,18H,5-6,8-10H2,1-2H3;7,9-12,18H,3-6,8H2,1-2H3. The number of esters is 6. The van der Waals surface area contributed by atoms with E-state index in [4.69, 9.17) is 28.4 Å². The molecule has 12 saturated heterocycles. The first-order chi connectivity index (χ1) is 65.4. The van der Waals surface area contributed by atoms with Crippen molar-refractivity contribution in [3.8, 4) is 0 Å². The van der Waals surface area contributed by atoms with Gasteiger partial charge in [-0.05, 0) is 318 Å². The van der Waals surface area contributed by atoms with Gasteiger partial charge in [0.25, 0.3) is 0 Å². The summed E-state index contributed by atoms with van der Waals surface area (Å²) < 4.78 is 48.0. The summed E-state index contributed by atoms with van der Waals surface area (Å²) in [7, 11) is 13.0. The number of fused-ring (bicyclic) bond motifs is 12. The van der Waals surface area contributed by atoms with Gasteiger partial charge < -0.3 is 88.5 Å². The topological polar surface area (TPSA) is 312 Å². The van der Waals surface area contributed by atoms with E-state index in [9.17, 15) is 63.8 Å². The van der Waals surface area contributed by atoms with Gasteiger partial charge in [0.2, 0.25) is 0 Å². The first kappa shape index (κ1) is 111. The van der Waals surface area contributed by atoms with Crippen LogP contribution in [0.15, 0.2) is 102 Å². The lowest BCUT2D eigenvalue weighted by atomic mass is 9.75. The fourth-order valence-electron chi connectivity index (χ4n) is 23.8. The smallest absolute Gasteiger partial charge is 0.319 e. The number of aliphatic hydroxyl groups is 6. The largest absolute Gasteiger partial charge is 0.462 e. The summed E-state index contributed by atoms with van der Waals surface area (Å²) >= 11 is 2.87. The molecule has 2 aromatic heterocycles. The maximum atomic E-state index is 13.0. The lowest BCUT2D eigenvalue weighted by molar-refractivity contribution is -0.169. The summed E-state index contributed by atoms with van der Waals surface area (Å²) in [6.07, 6.45) is 27.7. The quantitative estimate of drug-likeness (QED) is 0.0234. The van der Waals surface area contributed by atoms with Crippen LogP contribution in [0.3, 0.4) is 0 Å². The van der Waals surface area contributed by atoms with Gasteiger partial charge in [-0.1, -0.05) is 129 Å². The van der Waals surface area contributed by atoms with Gasteiger partial charge in [0.15, 0.2) is 0 Å². The lowest BCUT2D eigenvalue weighted by Crippen LogP contribution is -2.46. The Hall–Kier alpha value is -6.74. The van der Waals surface area contributed by atoms with Gasteiger partial charge >= 0.3 is 35.8 Å². The molecule has 18 atom stereocenters. The average molecular weight is 1970 g/mol. The van der Waals surface area contributed by atoms with E-state index in [1.165, 1.54) is 117 Å². The number of piperidine rings is 6. The van der Waals surface area contributed by atoms with Crippen molar-refractivity contribution in [2.75, 3.05) is 81.9 Å². The van der Waals surface area contributed by atoms with Crippen molar-refractivity contribution in [2.24, 2.45) is 16.2 Å². The van der Waals surface area contributed by atoms with Gasteiger partial charge in [-0.25, -0.2) is 4.39 Å². The number of halogens is 1. The van der Waals surface area contributed by atoms with E-state index in [0.29, 0.717) is 85.3 Å². The number of thiazole rings is 1. The molecule has 0 spiro atoms. The molecule has 5 aromatic rings. The summed E-state index contributed by atoms with van der Waals surface area (Å²) in [4.78, 5) is 96.6. The van der Waals surface area contributed by atoms with Crippen LogP contribution in [0.2, 0.25) is 0 Å². The summed E-state index contributed by atoms with van der Waals surface area (Å²) in [5.41, 5.74) is 0.765. The molecule has 18 unspecified atom stereocenters. The molecule has 0 aliphatic carbocycles. The van der Waals surface area contributed by atoms with Crippen LogP contribution in [0.5, 0.6) is 0 Å². The molecule has 0 radical (unpaired) electrons. The molecule has 12 bridgehead atoms. The molecule has 12 aliphatic rings. The Morgan fingerprint density at radius 2 is 0.619 bits per heavy atom. The molecular weight excluding hydrogens is 1800 g/mol. The molecule has 25 nitrogen and oxygen atoms in total. The molecule has 0 saturated carbocycles. The van der Waals surface area contributed by atoms with Crippen LogP contribution in [-0.4, -0.2) is 292 Å². The van der Waals surface area contributed by atoms with E-state index in [1.807, 2.05) is 66.9 Å². The third kappa shape index (κ3) is 26.4. The summed E-state index contributed by atoms with van der Waals surface area (Å²) in [6, 6.07) is 32.2. The first-order valence-electron chi connectivity index (χ1n) is 51.6. The number of hydrogen-bond donors (Lipinski definition) is 6. The average Bonchev–Trinajstić information content (AvgIpc) is 1.72. The maximum Gasteiger partial charge on any atom is 0.319 e. The molecule has 0 amide bonds. The number of aliphatic hydroxyl groups excluding tert-OH is 6. The second-order valence-corrected chi connectivity index (χ2v) is 49.6.